The van der Waals surface area contributed by atoms with Crippen LogP contribution in [0.4, 0.5) is 0 Å². The highest BCUT2D eigenvalue weighted by Gasteiger charge is 2.54. The summed E-state index contributed by atoms with van der Waals surface area (Å²) in [6.07, 6.45) is -6.89. The molecule has 0 aliphatic heterocycles. The molecule has 19 heavy (non-hydrogen) atoms. The number of aliphatic hydroxyl groups excluding tert-OH is 4. The van der Waals surface area contributed by atoms with Crippen molar-refractivity contribution in [2.45, 2.75) is 23.9 Å². The molecule has 0 aromatic carbocycles. The van der Waals surface area contributed by atoms with Gasteiger partial charge in [0, 0.05) is 0 Å². The second kappa shape index (κ2) is 7.42. The zero-order valence-corrected chi connectivity index (χ0v) is 9.54. The fourth-order valence-electron chi connectivity index (χ4n) is 1.17. The summed E-state index contributed by atoms with van der Waals surface area (Å²) in [7, 11) is 0. The number of carbonyl (C=O) groups is 2. The SMILES string of the molecule is NOOCC(=O)[C@](O)(C(=O)O)[C@@H](O)[C@H](O)[C@H](O)CO. The Balaban J connectivity index is 5.17. The number of hydrogen-bond donors (Lipinski definition) is 7. The summed E-state index contributed by atoms with van der Waals surface area (Å²) in [6.45, 7) is -2.18. The molecule has 0 bridgehead atoms. The Hall–Kier alpha value is -1.18. The van der Waals surface area contributed by atoms with Gasteiger partial charge in [0.15, 0.2) is 0 Å². The van der Waals surface area contributed by atoms with Crippen LogP contribution in [-0.2, 0) is 19.5 Å². The molecule has 4 atom stereocenters. The summed E-state index contributed by atoms with van der Waals surface area (Å²) in [5, 5.41) is 54.8. The molecule has 0 heterocycles. The topological polar surface area (TPSA) is 200 Å². The molecule has 11 heteroatoms. The molecule has 112 valence electrons. The first-order chi connectivity index (χ1) is 8.73. The van der Waals surface area contributed by atoms with Gasteiger partial charge in [0.1, 0.15) is 24.9 Å². The molecule has 0 aliphatic carbocycles. The smallest absolute Gasteiger partial charge is 0.346 e. The van der Waals surface area contributed by atoms with Crippen LogP contribution in [0.2, 0.25) is 0 Å². The van der Waals surface area contributed by atoms with Crippen molar-refractivity contribution < 1.29 is 50.1 Å². The van der Waals surface area contributed by atoms with Crippen LogP contribution < -0.4 is 5.90 Å². The highest BCUT2D eigenvalue weighted by molar-refractivity contribution is 6.07. The van der Waals surface area contributed by atoms with Crippen LogP contribution in [0, 0.1) is 0 Å². The molecule has 11 nitrogen and oxygen atoms in total. The maximum atomic E-state index is 11.4. The minimum absolute atomic E-state index is 1.04. The highest BCUT2D eigenvalue weighted by Crippen LogP contribution is 2.18. The number of nitrogens with two attached hydrogens (primary N) is 1. The molecular weight excluding hydrogens is 270 g/mol. The largest absolute Gasteiger partial charge is 0.479 e. The number of carbonyl (C=O) groups excluding carboxylic acids is 1. The molecule has 0 fully saturated rings. The van der Waals surface area contributed by atoms with Crippen molar-refractivity contribution in [1.29, 1.82) is 0 Å². The Morgan fingerprint density at radius 2 is 1.79 bits per heavy atom. The van der Waals surface area contributed by atoms with Gasteiger partial charge in [-0.05, 0) is 0 Å². The summed E-state index contributed by atoms with van der Waals surface area (Å²) in [5.74, 6) is 0.619. The summed E-state index contributed by atoms with van der Waals surface area (Å²) < 4.78 is 0. The van der Waals surface area contributed by atoms with E-state index in [1.807, 2.05) is 0 Å². The van der Waals surface area contributed by atoms with Gasteiger partial charge in [0.2, 0.25) is 5.78 Å². The second-order valence-electron chi connectivity index (χ2n) is 3.54. The number of ketones is 1. The van der Waals surface area contributed by atoms with Gasteiger partial charge < -0.3 is 30.6 Å². The lowest BCUT2D eigenvalue weighted by atomic mass is 9.86. The molecule has 0 saturated heterocycles. The summed E-state index contributed by atoms with van der Waals surface area (Å²) in [4.78, 5) is 29.7. The van der Waals surface area contributed by atoms with Crippen LogP contribution in [0.3, 0.4) is 0 Å². The van der Waals surface area contributed by atoms with Crippen molar-refractivity contribution in [3.05, 3.63) is 0 Å². The maximum Gasteiger partial charge on any atom is 0.346 e. The average Bonchev–Trinajstić information content (AvgIpc) is 2.40. The van der Waals surface area contributed by atoms with Crippen LogP contribution >= 0.6 is 0 Å². The molecule has 0 aliphatic rings. The van der Waals surface area contributed by atoms with E-state index in [0.717, 1.165) is 0 Å². The van der Waals surface area contributed by atoms with Gasteiger partial charge in [0.25, 0.3) is 5.60 Å². The van der Waals surface area contributed by atoms with Gasteiger partial charge in [-0.25, -0.2) is 9.68 Å². The molecule has 0 spiro atoms. The Labute approximate surface area is 106 Å². The predicted octanol–water partition coefficient (Wildman–Crippen LogP) is -4.73. The van der Waals surface area contributed by atoms with Crippen LogP contribution in [0.5, 0.6) is 0 Å². The lowest BCUT2D eigenvalue weighted by molar-refractivity contribution is -0.296. The molecule has 0 radical (unpaired) electrons. The Morgan fingerprint density at radius 3 is 2.16 bits per heavy atom. The van der Waals surface area contributed by atoms with Crippen molar-refractivity contribution in [3.8, 4) is 0 Å². The van der Waals surface area contributed by atoms with Crippen LogP contribution in [0.1, 0.15) is 0 Å². The second-order valence-corrected chi connectivity index (χ2v) is 3.54. The van der Waals surface area contributed by atoms with Gasteiger partial charge >= 0.3 is 5.97 Å². The molecule has 0 rings (SSSR count). The first kappa shape index (κ1) is 17.8. The van der Waals surface area contributed by atoms with E-state index in [9.17, 15) is 24.9 Å². The minimum atomic E-state index is -3.48. The number of rotatable bonds is 9. The van der Waals surface area contributed by atoms with Crippen LogP contribution in [0.15, 0.2) is 0 Å². The van der Waals surface area contributed by atoms with E-state index in [-0.39, 0.29) is 0 Å². The van der Waals surface area contributed by atoms with Crippen molar-refractivity contribution in [1.82, 2.24) is 0 Å². The molecule has 0 aromatic heterocycles. The monoisotopic (exact) mass is 285 g/mol. The molecule has 0 aromatic rings. The van der Waals surface area contributed by atoms with E-state index in [1.54, 1.807) is 0 Å². The Bertz CT molecular complexity index is 323. The lowest BCUT2D eigenvalue weighted by Crippen LogP contribution is -2.63. The summed E-state index contributed by atoms with van der Waals surface area (Å²) in [5.41, 5.74) is -3.48. The molecule has 0 unspecified atom stereocenters. The van der Waals surface area contributed by atoms with Gasteiger partial charge in [-0.1, -0.05) is 0 Å². The van der Waals surface area contributed by atoms with E-state index < -0.39 is 48.9 Å². The van der Waals surface area contributed by atoms with E-state index >= 15 is 0 Å². The van der Waals surface area contributed by atoms with Crippen molar-refractivity contribution in [2.75, 3.05) is 13.2 Å². The third-order valence-corrected chi connectivity index (χ3v) is 2.34. The molecule has 8 N–H and O–H groups in total. The third-order valence-electron chi connectivity index (χ3n) is 2.34. The van der Waals surface area contributed by atoms with Crippen molar-refractivity contribution in [3.63, 3.8) is 0 Å². The van der Waals surface area contributed by atoms with Crippen molar-refractivity contribution >= 4 is 11.8 Å². The molecule has 0 amide bonds. The van der Waals surface area contributed by atoms with Gasteiger partial charge in [0.05, 0.1) is 6.61 Å². The van der Waals surface area contributed by atoms with E-state index in [2.05, 4.69) is 15.8 Å². The number of carboxylic acid groups (broad SMARTS) is 1. The number of aliphatic hydroxyl groups is 5. The maximum absolute atomic E-state index is 11.4. The summed E-state index contributed by atoms with van der Waals surface area (Å²) >= 11 is 0. The molecular formula is C8H15NO10. The minimum Gasteiger partial charge on any atom is -0.479 e. The fourth-order valence-corrected chi connectivity index (χ4v) is 1.17. The van der Waals surface area contributed by atoms with Crippen LogP contribution in [0.25, 0.3) is 0 Å². The first-order valence-electron chi connectivity index (χ1n) is 4.85. The lowest BCUT2D eigenvalue weighted by Gasteiger charge is -2.31. The van der Waals surface area contributed by atoms with Gasteiger partial charge in [-0.3, -0.25) is 4.79 Å². The Kier molecular flexibility index (Phi) is 6.96. The van der Waals surface area contributed by atoms with E-state index in [1.165, 1.54) is 0 Å². The zero-order chi connectivity index (χ0) is 15.2. The highest BCUT2D eigenvalue weighted by atomic mass is 17.3. The number of aliphatic carboxylic acids is 1. The zero-order valence-electron chi connectivity index (χ0n) is 9.54. The predicted molar refractivity (Wildman–Crippen MR) is 53.9 cm³/mol. The standard InChI is InChI=1S/C8H15NO10/c9-19-18-2-4(12)8(17,7(15)16)6(14)5(13)3(11)1-10/h3,5-6,10-11,13-14,17H,1-2,9H2,(H,15,16)/t3-,5-,6+,8-/m1/s1. The number of hydrogen-bond acceptors (Lipinski definition) is 10. The molecule has 0 saturated carbocycles. The average molecular weight is 285 g/mol. The number of Topliss-reactive ketones (excluding diaryl/α,β-unsaturated/α-hetero) is 1. The third kappa shape index (κ3) is 3.89. The Morgan fingerprint density at radius 1 is 1.26 bits per heavy atom. The number of carboxylic acids is 1. The summed E-state index contributed by atoms with van der Waals surface area (Å²) in [6, 6.07) is 0. The van der Waals surface area contributed by atoms with E-state index in [0.29, 0.717) is 0 Å². The van der Waals surface area contributed by atoms with Gasteiger partial charge in [-0.15, -0.1) is 4.99 Å². The first-order valence-corrected chi connectivity index (χ1v) is 4.85. The quantitative estimate of drug-likeness (QED) is 0.122. The normalized spacial score (nSPS) is 19.3. The van der Waals surface area contributed by atoms with Gasteiger partial charge in [-0.2, -0.15) is 5.90 Å². The van der Waals surface area contributed by atoms with Crippen molar-refractivity contribution in [2.24, 2.45) is 5.90 Å². The van der Waals surface area contributed by atoms with Crippen LogP contribution in [-0.4, -0.2) is 79.5 Å². The van der Waals surface area contributed by atoms with E-state index in [4.69, 9.17) is 15.3 Å². The fraction of sp³-hybridized carbons (Fsp3) is 0.750.